The lowest BCUT2D eigenvalue weighted by Gasteiger charge is -2.07. The van der Waals surface area contributed by atoms with Gasteiger partial charge in [0, 0.05) is 32.5 Å². The van der Waals surface area contributed by atoms with Crippen LogP contribution in [0.25, 0.3) is 0 Å². The minimum absolute atomic E-state index is 0.0589. The number of anilines is 1. The summed E-state index contributed by atoms with van der Waals surface area (Å²) in [6, 6.07) is 9.62. The number of aromatic amines is 1. The summed E-state index contributed by atoms with van der Waals surface area (Å²) < 4.78 is 0.695. The second kappa shape index (κ2) is 8.11. The average Bonchev–Trinajstić information content (AvgIpc) is 2.85. The molecule has 2 heterocycles. The standard InChI is InChI=1S/C18H18N4OS3/c1-10-8-11(2)20-17(19-10)25-14-6-4-13(5-7-14)22-16(23)9-15-12(3)21-18(24)26-15/h4-8H,9H2,1-3H3,(H,21,24)(H,22,23). The smallest absolute Gasteiger partial charge is 0.229 e. The molecule has 0 spiro atoms. The lowest BCUT2D eigenvalue weighted by molar-refractivity contribution is -0.115. The fraction of sp³-hybridized carbons (Fsp3) is 0.222. The first-order valence-electron chi connectivity index (χ1n) is 7.97. The van der Waals surface area contributed by atoms with Crippen LogP contribution in [0.1, 0.15) is 22.0 Å². The van der Waals surface area contributed by atoms with Crippen LogP contribution in [0.5, 0.6) is 0 Å². The van der Waals surface area contributed by atoms with Crippen LogP contribution in [0.4, 0.5) is 5.69 Å². The molecule has 0 aliphatic carbocycles. The van der Waals surface area contributed by atoms with Gasteiger partial charge in [-0.3, -0.25) is 4.79 Å². The highest BCUT2D eigenvalue weighted by atomic mass is 32.2. The number of carbonyl (C=O) groups excluding carboxylic acids is 1. The van der Waals surface area contributed by atoms with Crippen molar-refractivity contribution in [2.24, 2.45) is 0 Å². The van der Waals surface area contributed by atoms with Gasteiger partial charge in [0.2, 0.25) is 5.91 Å². The molecular formula is C18H18N4OS3. The average molecular weight is 403 g/mol. The number of nitrogens with zero attached hydrogens (tertiary/aromatic N) is 2. The van der Waals surface area contributed by atoms with E-state index in [1.807, 2.05) is 51.1 Å². The Bertz CT molecular complexity index is 972. The second-order valence-corrected chi connectivity index (χ2v) is 8.66. The van der Waals surface area contributed by atoms with E-state index >= 15 is 0 Å². The lowest BCUT2D eigenvalue weighted by Crippen LogP contribution is -2.14. The van der Waals surface area contributed by atoms with Crippen LogP contribution in [0.3, 0.4) is 0 Å². The quantitative estimate of drug-likeness (QED) is 0.471. The summed E-state index contributed by atoms with van der Waals surface area (Å²) in [5, 5.41) is 3.64. The molecule has 1 amide bonds. The fourth-order valence-corrected chi connectivity index (χ4v) is 4.56. The molecule has 2 aromatic heterocycles. The number of benzene rings is 1. The number of H-pyrrole nitrogens is 1. The number of hydrogen-bond acceptors (Lipinski definition) is 6. The Morgan fingerprint density at radius 2 is 1.85 bits per heavy atom. The number of nitrogens with one attached hydrogen (secondary N) is 2. The van der Waals surface area contributed by atoms with Gasteiger partial charge in [0.25, 0.3) is 0 Å². The molecule has 0 bridgehead atoms. The summed E-state index contributed by atoms with van der Waals surface area (Å²) in [4.78, 5) is 26.1. The zero-order valence-electron chi connectivity index (χ0n) is 14.6. The van der Waals surface area contributed by atoms with Gasteiger partial charge in [0.1, 0.15) is 0 Å². The van der Waals surface area contributed by atoms with E-state index in [-0.39, 0.29) is 5.91 Å². The van der Waals surface area contributed by atoms with Gasteiger partial charge in [-0.1, -0.05) is 0 Å². The van der Waals surface area contributed by atoms with Crippen LogP contribution < -0.4 is 5.32 Å². The Hall–Kier alpha value is -2.03. The molecule has 0 aliphatic heterocycles. The van der Waals surface area contributed by atoms with Gasteiger partial charge in [0.15, 0.2) is 9.11 Å². The van der Waals surface area contributed by atoms with Crippen LogP contribution in [-0.4, -0.2) is 20.9 Å². The maximum atomic E-state index is 12.2. The number of aryl methyl sites for hydroxylation is 3. The summed E-state index contributed by atoms with van der Waals surface area (Å²) in [6.07, 6.45) is 0.316. The predicted octanol–water partition coefficient (Wildman–Crippen LogP) is 4.85. The first-order valence-corrected chi connectivity index (χ1v) is 10.0. The first-order chi connectivity index (χ1) is 12.4. The molecule has 0 saturated carbocycles. The molecule has 0 saturated heterocycles. The monoisotopic (exact) mass is 402 g/mol. The molecule has 8 heteroatoms. The Kier molecular flexibility index (Phi) is 5.85. The number of rotatable bonds is 5. The van der Waals surface area contributed by atoms with Crippen molar-refractivity contribution in [3.63, 3.8) is 0 Å². The van der Waals surface area contributed by atoms with E-state index in [0.717, 1.165) is 37.7 Å². The van der Waals surface area contributed by atoms with Gasteiger partial charge in [-0.25, -0.2) is 9.97 Å². The van der Waals surface area contributed by atoms with Crippen molar-refractivity contribution < 1.29 is 4.79 Å². The van der Waals surface area contributed by atoms with Crippen molar-refractivity contribution >= 4 is 46.9 Å². The number of carbonyl (C=O) groups is 1. The van der Waals surface area contributed by atoms with Crippen LogP contribution in [0.2, 0.25) is 0 Å². The fourth-order valence-electron chi connectivity index (χ4n) is 2.41. The third-order valence-electron chi connectivity index (χ3n) is 3.55. The zero-order valence-corrected chi connectivity index (χ0v) is 17.1. The van der Waals surface area contributed by atoms with Gasteiger partial charge in [0.05, 0.1) is 6.42 Å². The van der Waals surface area contributed by atoms with Crippen molar-refractivity contribution in [1.29, 1.82) is 0 Å². The number of aromatic nitrogens is 3. The molecular weight excluding hydrogens is 384 g/mol. The van der Waals surface area contributed by atoms with Gasteiger partial charge in [-0.05, 0) is 75.1 Å². The number of thiazole rings is 1. The van der Waals surface area contributed by atoms with Crippen LogP contribution in [-0.2, 0) is 11.2 Å². The molecule has 3 aromatic rings. The largest absolute Gasteiger partial charge is 0.341 e. The molecule has 0 unspecified atom stereocenters. The third-order valence-corrected chi connectivity index (χ3v) is 5.76. The molecule has 3 rings (SSSR count). The molecule has 0 atom stereocenters. The minimum Gasteiger partial charge on any atom is -0.341 e. The molecule has 0 fully saturated rings. The van der Waals surface area contributed by atoms with E-state index in [1.54, 1.807) is 0 Å². The summed E-state index contributed by atoms with van der Waals surface area (Å²) in [5.41, 5.74) is 3.62. The van der Waals surface area contributed by atoms with Crippen LogP contribution in [0.15, 0.2) is 40.4 Å². The van der Waals surface area contributed by atoms with Crippen molar-refractivity contribution in [3.8, 4) is 0 Å². The SMILES string of the molecule is Cc1cc(C)nc(Sc2ccc(NC(=O)Cc3sc(=S)[nH]c3C)cc2)n1. The van der Waals surface area contributed by atoms with Crippen molar-refractivity contribution in [2.75, 3.05) is 5.32 Å². The molecule has 2 N–H and O–H groups in total. The van der Waals surface area contributed by atoms with Crippen molar-refractivity contribution in [2.45, 2.75) is 37.2 Å². The lowest BCUT2D eigenvalue weighted by atomic mass is 10.2. The van der Waals surface area contributed by atoms with E-state index in [1.165, 1.54) is 23.1 Å². The Labute approximate surface area is 165 Å². The number of hydrogen-bond donors (Lipinski definition) is 2. The van der Waals surface area contributed by atoms with Gasteiger partial charge < -0.3 is 10.3 Å². The normalized spacial score (nSPS) is 10.7. The zero-order chi connectivity index (χ0) is 18.7. The van der Waals surface area contributed by atoms with Crippen molar-refractivity contribution in [3.05, 3.63) is 56.2 Å². The van der Waals surface area contributed by atoms with Crippen LogP contribution >= 0.6 is 35.3 Å². The topological polar surface area (TPSA) is 70.7 Å². The molecule has 5 nitrogen and oxygen atoms in total. The van der Waals surface area contributed by atoms with E-state index in [0.29, 0.717) is 10.4 Å². The highest BCUT2D eigenvalue weighted by molar-refractivity contribution is 7.99. The maximum Gasteiger partial charge on any atom is 0.229 e. The van der Waals surface area contributed by atoms with Crippen molar-refractivity contribution in [1.82, 2.24) is 15.0 Å². The highest BCUT2D eigenvalue weighted by Gasteiger charge is 2.09. The molecule has 1 aromatic carbocycles. The Morgan fingerprint density at radius 1 is 1.19 bits per heavy atom. The highest BCUT2D eigenvalue weighted by Crippen LogP contribution is 2.26. The van der Waals surface area contributed by atoms with Gasteiger partial charge in [-0.2, -0.15) is 0 Å². The Balaban J connectivity index is 1.63. The first kappa shape index (κ1) is 18.8. The summed E-state index contributed by atoms with van der Waals surface area (Å²) >= 11 is 8.05. The summed E-state index contributed by atoms with van der Waals surface area (Å²) in [7, 11) is 0. The predicted molar refractivity (Wildman–Crippen MR) is 109 cm³/mol. The van der Waals surface area contributed by atoms with Gasteiger partial charge in [-0.15, -0.1) is 11.3 Å². The maximum absolute atomic E-state index is 12.2. The van der Waals surface area contributed by atoms with E-state index in [4.69, 9.17) is 12.2 Å². The second-order valence-electron chi connectivity index (χ2n) is 5.85. The molecule has 134 valence electrons. The molecule has 0 aliphatic rings. The number of amides is 1. The van der Waals surface area contributed by atoms with Crippen LogP contribution in [0, 0.1) is 24.7 Å². The third kappa shape index (κ3) is 5.00. The molecule has 26 heavy (non-hydrogen) atoms. The van der Waals surface area contributed by atoms with E-state index < -0.39 is 0 Å². The summed E-state index contributed by atoms with van der Waals surface area (Å²) in [5.74, 6) is -0.0589. The van der Waals surface area contributed by atoms with E-state index in [2.05, 4.69) is 20.3 Å². The Morgan fingerprint density at radius 3 is 2.42 bits per heavy atom. The molecule has 0 radical (unpaired) electrons. The summed E-state index contributed by atoms with van der Waals surface area (Å²) in [6.45, 7) is 5.84. The van der Waals surface area contributed by atoms with E-state index in [9.17, 15) is 4.79 Å². The van der Waals surface area contributed by atoms with Gasteiger partial charge >= 0.3 is 0 Å². The minimum atomic E-state index is -0.0589.